The zero-order valence-electron chi connectivity index (χ0n) is 15.3. The highest BCUT2D eigenvalue weighted by Crippen LogP contribution is 2.25. The second kappa shape index (κ2) is 9.06. The molecule has 0 bridgehead atoms. The lowest BCUT2D eigenvalue weighted by molar-refractivity contribution is -0.121. The molecule has 0 aliphatic carbocycles. The molecule has 0 saturated heterocycles. The van der Waals surface area contributed by atoms with Crippen molar-refractivity contribution in [2.75, 3.05) is 6.54 Å². The largest absolute Gasteiger partial charge is 0.350 e. The van der Waals surface area contributed by atoms with Crippen molar-refractivity contribution in [1.82, 2.24) is 10.0 Å². The number of halogens is 2. The van der Waals surface area contributed by atoms with Crippen LogP contribution in [0.25, 0.3) is 0 Å². The van der Waals surface area contributed by atoms with Crippen molar-refractivity contribution in [3.63, 3.8) is 0 Å². The van der Waals surface area contributed by atoms with E-state index in [1.165, 1.54) is 0 Å². The molecule has 2 N–H and O–H groups in total. The third-order valence-electron chi connectivity index (χ3n) is 4.10. The molecule has 1 unspecified atom stereocenters. The van der Waals surface area contributed by atoms with E-state index in [2.05, 4.69) is 10.0 Å². The van der Waals surface area contributed by atoms with Crippen LogP contribution in [0.5, 0.6) is 0 Å². The molecule has 2 aromatic carbocycles. The number of carbonyl (C=O) groups excluding carboxylic acids is 1. The quantitative estimate of drug-likeness (QED) is 0.694. The molecule has 0 saturated carbocycles. The van der Waals surface area contributed by atoms with E-state index < -0.39 is 10.0 Å². The molecule has 27 heavy (non-hydrogen) atoms. The number of rotatable bonds is 7. The zero-order chi connectivity index (χ0) is 20.2. The van der Waals surface area contributed by atoms with Crippen molar-refractivity contribution in [1.29, 1.82) is 0 Å². The number of hydrogen-bond donors (Lipinski definition) is 2. The molecule has 0 spiro atoms. The summed E-state index contributed by atoms with van der Waals surface area (Å²) in [6, 6.07) is 10.1. The molecule has 0 aliphatic rings. The summed E-state index contributed by atoms with van der Waals surface area (Å²) in [6.07, 6.45) is 0.0236. The first-order valence-corrected chi connectivity index (χ1v) is 10.7. The number of benzene rings is 2. The topological polar surface area (TPSA) is 75.3 Å². The van der Waals surface area contributed by atoms with Crippen molar-refractivity contribution >= 4 is 39.1 Å². The maximum atomic E-state index is 12.4. The van der Waals surface area contributed by atoms with Crippen LogP contribution in [-0.4, -0.2) is 20.9 Å². The summed E-state index contributed by atoms with van der Waals surface area (Å²) >= 11 is 11.9. The van der Waals surface area contributed by atoms with E-state index in [-0.39, 0.29) is 29.8 Å². The maximum absolute atomic E-state index is 12.4. The summed E-state index contributed by atoms with van der Waals surface area (Å²) in [5.74, 6) is -0.266. The SMILES string of the molecule is Cc1ccc(C)c(S(=O)(=O)NCCC(=O)NC(C)c2ccc(Cl)c(Cl)c2)c1. The van der Waals surface area contributed by atoms with Gasteiger partial charge in [-0.05, 0) is 55.7 Å². The van der Waals surface area contributed by atoms with Crippen LogP contribution in [0.4, 0.5) is 0 Å². The zero-order valence-corrected chi connectivity index (χ0v) is 17.7. The highest BCUT2D eigenvalue weighted by molar-refractivity contribution is 7.89. The lowest BCUT2D eigenvalue weighted by Gasteiger charge is -2.15. The molecule has 0 aromatic heterocycles. The summed E-state index contributed by atoms with van der Waals surface area (Å²) in [4.78, 5) is 12.3. The molecule has 1 atom stereocenters. The number of amides is 1. The van der Waals surface area contributed by atoms with Gasteiger partial charge in [0, 0.05) is 13.0 Å². The van der Waals surface area contributed by atoms with Gasteiger partial charge in [-0.3, -0.25) is 4.79 Å². The fraction of sp³-hybridized carbons (Fsp3) is 0.316. The Kier molecular flexibility index (Phi) is 7.28. The van der Waals surface area contributed by atoms with Crippen LogP contribution in [0.15, 0.2) is 41.3 Å². The molecular weight excluding hydrogens is 407 g/mol. The van der Waals surface area contributed by atoms with Crippen molar-refractivity contribution in [2.45, 2.75) is 38.1 Å². The fourth-order valence-electron chi connectivity index (χ4n) is 2.55. The van der Waals surface area contributed by atoms with Gasteiger partial charge in [-0.15, -0.1) is 0 Å². The highest BCUT2D eigenvalue weighted by atomic mass is 35.5. The van der Waals surface area contributed by atoms with Gasteiger partial charge in [0.1, 0.15) is 0 Å². The summed E-state index contributed by atoms with van der Waals surface area (Å²) < 4.78 is 27.3. The monoisotopic (exact) mass is 428 g/mol. The molecule has 0 fully saturated rings. The van der Waals surface area contributed by atoms with Gasteiger partial charge in [0.05, 0.1) is 21.0 Å². The second-order valence-corrected chi connectivity index (χ2v) is 8.93. The predicted octanol–water partition coefficient (Wildman–Crippen LogP) is 4.16. The molecule has 0 heterocycles. The predicted molar refractivity (Wildman–Crippen MR) is 109 cm³/mol. The van der Waals surface area contributed by atoms with Crippen LogP contribution in [-0.2, 0) is 14.8 Å². The normalized spacial score (nSPS) is 12.6. The number of nitrogens with one attached hydrogen (secondary N) is 2. The lowest BCUT2D eigenvalue weighted by atomic mass is 10.1. The van der Waals surface area contributed by atoms with Gasteiger partial charge in [0.15, 0.2) is 0 Å². The summed E-state index contributed by atoms with van der Waals surface area (Å²) in [7, 11) is -3.66. The Balaban J connectivity index is 1.91. The van der Waals surface area contributed by atoms with E-state index in [4.69, 9.17) is 23.2 Å². The van der Waals surface area contributed by atoms with Gasteiger partial charge in [-0.1, -0.05) is 41.4 Å². The minimum atomic E-state index is -3.66. The standard InChI is InChI=1S/C19H22Cl2N2O3S/c1-12-4-5-13(2)18(10-12)27(25,26)22-9-8-19(24)23-14(3)15-6-7-16(20)17(21)11-15/h4-7,10-11,14,22H,8-9H2,1-3H3,(H,23,24). The first-order valence-electron chi connectivity index (χ1n) is 8.41. The van der Waals surface area contributed by atoms with Crippen molar-refractivity contribution in [3.8, 4) is 0 Å². The van der Waals surface area contributed by atoms with E-state index in [0.717, 1.165) is 11.1 Å². The third-order valence-corrected chi connectivity index (χ3v) is 6.44. The van der Waals surface area contributed by atoms with Crippen molar-refractivity contribution in [2.24, 2.45) is 0 Å². The van der Waals surface area contributed by atoms with E-state index in [0.29, 0.717) is 15.6 Å². The van der Waals surface area contributed by atoms with Crippen LogP contribution >= 0.6 is 23.2 Å². The van der Waals surface area contributed by atoms with Gasteiger partial charge >= 0.3 is 0 Å². The Bertz CT molecular complexity index is 946. The first-order chi connectivity index (χ1) is 12.6. The molecule has 2 aromatic rings. The minimum Gasteiger partial charge on any atom is -0.350 e. The highest BCUT2D eigenvalue weighted by Gasteiger charge is 2.17. The van der Waals surface area contributed by atoms with Crippen LogP contribution in [0.1, 0.15) is 36.1 Å². The molecule has 5 nitrogen and oxygen atoms in total. The van der Waals surface area contributed by atoms with E-state index in [9.17, 15) is 13.2 Å². The van der Waals surface area contributed by atoms with Gasteiger partial charge in [-0.2, -0.15) is 0 Å². The second-order valence-electron chi connectivity index (χ2n) is 6.38. The molecule has 2 rings (SSSR count). The summed E-state index contributed by atoms with van der Waals surface area (Å²) in [5, 5.41) is 3.67. The van der Waals surface area contributed by atoms with Crippen LogP contribution in [0.2, 0.25) is 10.0 Å². The Labute approximate surface area is 170 Å². The number of aryl methyl sites for hydroxylation is 2. The van der Waals surface area contributed by atoms with Crippen molar-refractivity contribution < 1.29 is 13.2 Å². The lowest BCUT2D eigenvalue weighted by Crippen LogP contribution is -2.32. The average molecular weight is 429 g/mol. The Morgan fingerprint density at radius 2 is 1.78 bits per heavy atom. The molecule has 146 valence electrons. The minimum absolute atomic E-state index is 0.00957. The van der Waals surface area contributed by atoms with Gasteiger partial charge in [-0.25, -0.2) is 13.1 Å². The number of carbonyl (C=O) groups is 1. The molecular formula is C19H22Cl2N2O3S. The van der Waals surface area contributed by atoms with E-state index in [1.54, 1.807) is 37.3 Å². The Morgan fingerprint density at radius 3 is 2.44 bits per heavy atom. The molecule has 0 radical (unpaired) electrons. The molecule has 8 heteroatoms. The maximum Gasteiger partial charge on any atom is 0.240 e. The third kappa shape index (κ3) is 5.94. The van der Waals surface area contributed by atoms with E-state index in [1.807, 2.05) is 19.9 Å². The first kappa shape index (κ1) is 21.7. The van der Waals surface area contributed by atoms with Gasteiger partial charge in [0.2, 0.25) is 15.9 Å². The fourth-order valence-corrected chi connectivity index (χ4v) is 4.22. The number of sulfonamides is 1. The summed E-state index contributed by atoms with van der Waals surface area (Å²) in [6.45, 7) is 5.39. The van der Waals surface area contributed by atoms with Gasteiger partial charge < -0.3 is 5.32 Å². The smallest absolute Gasteiger partial charge is 0.240 e. The summed E-state index contributed by atoms with van der Waals surface area (Å²) in [5.41, 5.74) is 2.33. The number of hydrogen-bond acceptors (Lipinski definition) is 3. The average Bonchev–Trinajstić information content (AvgIpc) is 2.59. The van der Waals surface area contributed by atoms with Gasteiger partial charge in [0.25, 0.3) is 0 Å². The van der Waals surface area contributed by atoms with Crippen LogP contribution in [0.3, 0.4) is 0 Å². The molecule has 1 amide bonds. The van der Waals surface area contributed by atoms with E-state index >= 15 is 0 Å². The van der Waals surface area contributed by atoms with Crippen LogP contribution < -0.4 is 10.0 Å². The van der Waals surface area contributed by atoms with Crippen LogP contribution in [0, 0.1) is 13.8 Å². The Hall–Kier alpha value is -1.60. The Morgan fingerprint density at radius 1 is 1.07 bits per heavy atom. The molecule has 0 aliphatic heterocycles. The van der Waals surface area contributed by atoms with Crippen molar-refractivity contribution in [3.05, 3.63) is 63.1 Å².